The van der Waals surface area contributed by atoms with Gasteiger partial charge in [0.05, 0.1) is 19.9 Å². The third-order valence-corrected chi connectivity index (χ3v) is 4.92. The number of nitrogens with zero attached hydrogens (tertiary/aromatic N) is 3. The zero-order valence-electron chi connectivity index (χ0n) is 15.9. The van der Waals surface area contributed by atoms with Crippen molar-refractivity contribution in [3.8, 4) is 22.9 Å². The van der Waals surface area contributed by atoms with Gasteiger partial charge in [-0.15, -0.1) is 0 Å². The maximum atomic E-state index is 12.5. The van der Waals surface area contributed by atoms with Crippen LogP contribution in [0.3, 0.4) is 0 Å². The van der Waals surface area contributed by atoms with Crippen molar-refractivity contribution >= 4 is 0 Å². The molecule has 0 saturated carbocycles. The molecule has 28 heavy (non-hydrogen) atoms. The first kappa shape index (κ1) is 18.2. The van der Waals surface area contributed by atoms with Crippen molar-refractivity contribution in [1.82, 2.24) is 19.9 Å². The molecule has 0 unspecified atom stereocenters. The number of aromatic amines is 1. The van der Waals surface area contributed by atoms with E-state index in [2.05, 4.69) is 14.9 Å². The third kappa shape index (κ3) is 3.75. The van der Waals surface area contributed by atoms with Gasteiger partial charge in [-0.1, -0.05) is 0 Å². The molecule has 0 atom stereocenters. The Morgan fingerprint density at radius 1 is 1.11 bits per heavy atom. The zero-order chi connectivity index (χ0) is 19.5. The fourth-order valence-electron chi connectivity index (χ4n) is 3.49. The van der Waals surface area contributed by atoms with Crippen LogP contribution >= 0.6 is 0 Å². The summed E-state index contributed by atoms with van der Waals surface area (Å²) in [4.78, 5) is 26.5. The van der Waals surface area contributed by atoms with E-state index >= 15 is 0 Å². The van der Waals surface area contributed by atoms with Gasteiger partial charge in [0.1, 0.15) is 17.3 Å². The normalized spacial score (nSPS) is 13.8. The summed E-state index contributed by atoms with van der Waals surface area (Å²) in [6.45, 7) is 2.15. The van der Waals surface area contributed by atoms with Gasteiger partial charge in [0.15, 0.2) is 0 Å². The SMILES string of the molecule is COc1cc(CN2CCc3c(nc(-c4ccncc4)[nH]c3=O)C2)cc(OC)c1. The van der Waals surface area contributed by atoms with Crippen molar-refractivity contribution in [2.45, 2.75) is 19.5 Å². The molecule has 1 aromatic carbocycles. The topological polar surface area (TPSA) is 80.3 Å². The molecule has 0 amide bonds. The first-order valence-electron chi connectivity index (χ1n) is 9.13. The first-order chi connectivity index (χ1) is 13.7. The van der Waals surface area contributed by atoms with Crippen LogP contribution in [0.4, 0.5) is 0 Å². The van der Waals surface area contributed by atoms with Crippen LogP contribution < -0.4 is 15.0 Å². The minimum Gasteiger partial charge on any atom is -0.497 e. The summed E-state index contributed by atoms with van der Waals surface area (Å²) >= 11 is 0. The molecule has 3 heterocycles. The quantitative estimate of drug-likeness (QED) is 0.734. The van der Waals surface area contributed by atoms with Crippen LogP contribution in [0.1, 0.15) is 16.8 Å². The van der Waals surface area contributed by atoms with Crippen LogP contribution in [0.5, 0.6) is 11.5 Å². The number of benzene rings is 1. The number of hydrogen-bond acceptors (Lipinski definition) is 6. The Labute approximate surface area is 163 Å². The van der Waals surface area contributed by atoms with Crippen LogP contribution in [0.25, 0.3) is 11.4 Å². The summed E-state index contributed by atoms with van der Waals surface area (Å²) in [6, 6.07) is 9.55. The molecule has 0 radical (unpaired) electrons. The van der Waals surface area contributed by atoms with Crippen molar-refractivity contribution in [1.29, 1.82) is 0 Å². The second-order valence-corrected chi connectivity index (χ2v) is 6.76. The van der Waals surface area contributed by atoms with Crippen LogP contribution in [-0.4, -0.2) is 40.6 Å². The summed E-state index contributed by atoms with van der Waals surface area (Å²) in [5.74, 6) is 2.11. The van der Waals surface area contributed by atoms with Gasteiger partial charge in [-0.3, -0.25) is 14.7 Å². The van der Waals surface area contributed by atoms with Gasteiger partial charge in [0, 0.05) is 49.2 Å². The largest absolute Gasteiger partial charge is 0.497 e. The number of H-pyrrole nitrogens is 1. The number of rotatable bonds is 5. The van der Waals surface area contributed by atoms with Gasteiger partial charge in [0.25, 0.3) is 5.56 Å². The lowest BCUT2D eigenvalue weighted by Gasteiger charge is -2.28. The molecule has 0 bridgehead atoms. The Hall–Kier alpha value is -3.19. The Morgan fingerprint density at radius 3 is 2.50 bits per heavy atom. The number of pyridine rings is 1. The fraction of sp³-hybridized carbons (Fsp3) is 0.286. The summed E-state index contributed by atoms with van der Waals surface area (Å²) in [7, 11) is 3.29. The van der Waals surface area contributed by atoms with Gasteiger partial charge in [-0.25, -0.2) is 4.98 Å². The number of fused-ring (bicyclic) bond motifs is 1. The maximum absolute atomic E-state index is 12.5. The molecule has 7 heteroatoms. The molecule has 7 nitrogen and oxygen atoms in total. The van der Waals surface area contributed by atoms with E-state index in [1.807, 2.05) is 30.3 Å². The first-order valence-corrected chi connectivity index (χ1v) is 9.13. The lowest BCUT2D eigenvalue weighted by molar-refractivity contribution is 0.240. The maximum Gasteiger partial charge on any atom is 0.254 e. The van der Waals surface area contributed by atoms with Crippen molar-refractivity contribution in [2.75, 3.05) is 20.8 Å². The highest BCUT2D eigenvalue weighted by atomic mass is 16.5. The molecule has 2 aromatic heterocycles. The van der Waals surface area contributed by atoms with E-state index in [4.69, 9.17) is 14.5 Å². The van der Waals surface area contributed by atoms with Crippen LogP contribution in [0, 0.1) is 0 Å². The molecule has 1 N–H and O–H groups in total. The molecule has 144 valence electrons. The number of methoxy groups -OCH3 is 2. The van der Waals surface area contributed by atoms with E-state index in [0.717, 1.165) is 47.0 Å². The molecule has 0 aliphatic carbocycles. The van der Waals surface area contributed by atoms with Crippen molar-refractivity contribution in [2.24, 2.45) is 0 Å². The molecule has 1 aliphatic rings. The van der Waals surface area contributed by atoms with Crippen LogP contribution in [0.15, 0.2) is 47.5 Å². The molecule has 3 aromatic rings. The van der Waals surface area contributed by atoms with E-state index in [1.54, 1.807) is 26.6 Å². The Bertz CT molecular complexity index is 1010. The summed E-state index contributed by atoms with van der Waals surface area (Å²) in [5, 5.41) is 0. The third-order valence-electron chi connectivity index (χ3n) is 4.92. The number of ether oxygens (including phenoxy) is 2. The smallest absolute Gasteiger partial charge is 0.254 e. The van der Waals surface area contributed by atoms with Gasteiger partial charge in [0.2, 0.25) is 0 Å². The highest BCUT2D eigenvalue weighted by molar-refractivity contribution is 5.54. The van der Waals surface area contributed by atoms with E-state index in [1.165, 1.54) is 0 Å². The van der Waals surface area contributed by atoms with E-state index < -0.39 is 0 Å². The zero-order valence-corrected chi connectivity index (χ0v) is 15.9. The van der Waals surface area contributed by atoms with Crippen molar-refractivity contribution in [3.63, 3.8) is 0 Å². The number of hydrogen-bond donors (Lipinski definition) is 1. The summed E-state index contributed by atoms with van der Waals surface area (Å²) < 4.78 is 10.7. The van der Waals surface area contributed by atoms with E-state index in [9.17, 15) is 4.79 Å². The molecule has 4 rings (SSSR count). The average Bonchev–Trinajstić information content (AvgIpc) is 2.73. The fourth-order valence-corrected chi connectivity index (χ4v) is 3.49. The monoisotopic (exact) mass is 378 g/mol. The second kappa shape index (κ2) is 7.82. The van der Waals surface area contributed by atoms with Gasteiger partial charge < -0.3 is 14.5 Å². The highest BCUT2D eigenvalue weighted by Gasteiger charge is 2.22. The minimum atomic E-state index is -0.0560. The minimum absolute atomic E-state index is 0.0560. The van der Waals surface area contributed by atoms with Gasteiger partial charge >= 0.3 is 0 Å². The molecule has 0 saturated heterocycles. The lowest BCUT2D eigenvalue weighted by atomic mass is 10.0. The molecular weight excluding hydrogens is 356 g/mol. The van der Waals surface area contributed by atoms with Crippen molar-refractivity contribution in [3.05, 3.63) is 69.9 Å². The van der Waals surface area contributed by atoms with Crippen molar-refractivity contribution < 1.29 is 9.47 Å². The lowest BCUT2D eigenvalue weighted by Crippen LogP contribution is -2.35. The molecule has 0 spiro atoms. The molecule has 0 fully saturated rings. The predicted octanol–water partition coefficient (Wildman–Crippen LogP) is 2.41. The van der Waals surface area contributed by atoms with Gasteiger partial charge in [-0.05, 0) is 36.2 Å². The highest BCUT2D eigenvalue weighted by Crippen LogP contribution is 2.25. The van der Waals surface area contributed by atoms with E-state index in [0.29, 0.717) is 18.8 Å². The molecule has 1 aliphatic heterocycles. The number of nitrogens with one attached hydrogen (secondary N) is 1. The summed E-state index contributed by atoms with van der Waals surface area (Å²) in [5.41, 5.74) is 3.50. The Kier molecular flexibility index (Phi) is 5.08. The van der Waals surface area contributed by atoms with E-state index in [-0.39, 0.29) is 5.56 Å². The van der Waals surface area contributed by atoms with Crippen LogP contribution in [-0.2, 0) is 19.5 Å². The summed E-state index contributed by atoms with van der Waals surface area (Å²) in [6.07, 6.45) is 4.06. The standard InChI is InChI=1S/C21H22N4O3/c1-27-16-9-14(10-17(11-16)28-2)12-25-8-5-18-19(13-25)23-20(24-21(18)26)15-3-6-22-7-4-15/h3-4,6-7,9-11H,5,8,12-13H2,1-2H3,(H,23,24,26). The Morgan fingerprint density at radius 2 is 1.82 bits per heavy atom. The number of aromatic nitrogens is 3. The van der Waals surface area contributed by atoms with Gasteiger partial charge in [-0.2, -0.15) is 0 Å². The molecular formula is C21H22N4O3. The predicted molar refractivity (Wildman–Crippen MR) is 105 cm³/mol. The van der Waals surface area contributed by atoms with Crippen LogP contribution in [0.2, 0.25) is 0 Å². The Balaban J connectivity index is 1.59. The average molecular weight is 378 g/mol. The second-order valence-electron chi connectivity index (χ2n) is 6.76.